The molecule has 0 amide bonds. The highest BCUT2D eigenvalue weighted by Gasteiger charge is 2.08. The summed E-state index contributed by atoms with van der Waals surface area (Å²) in [6.45, 7) is 4.40. The lowest BCUT2D eigenvalue weighted by Crippen LogP contribution is -2.10. The van der Waals surface area contributed by atoms with Gasteiger partial charge >= 0.3 is 0 Å². The van der Waals surface area contributed by atoms with E-state index in [-0.39, 0.29) is 6.04 Å². The third-order valence-electron chi connectivity index (χ3n) is 2.50. The van der Waals surface area contributed by atoms with E-state index >= 15 is 0 Å². The fourth-order valence-corrected chi connectivity index (χ4v) is 1.63. The first kappa shape index (κ1) is 12.3. The van der Waals surface area contributed by atoms with E-state index in [2.05, 4.69) is 10.1 Å². The molecule has 0 saturated heterocycles. The van der Waals surface area contributed by atoms with E-state index < -0.39 is 0 Å². The van der Waals surface area contributed by atoms with Gasteiger partial charge in [0.25, 0.3) is 0 Å². The fraction of sp³-hybridized carbons (Fsp3) is 0.308. The molecular formula is C13H15N3O2. The summed E-state index contributed by atoms with van der Waals surface area (Å²) in [7, 11) is 0. The van der Waals surface area contributed by atoms with E-state index in [9.17, 15) is 4.79 Å². The zero-order valence-electron chi connectivity index (χ0n) is 10.4. The van der Waals surface area contributed by atoms with Crippen LogP contribution in [-0.4, -0.2) is 21.1 Å². The summed E-state index contributed by atoms with van der Waals surface area (Å²) in [6, 6.07) is 7.27. The van der Waals surface area contributed by atoms with E-state index in [0.29, 0.717) is 17.9 Å². The standard InChI is InChI=1S/C13H15N3O2/c1-10(2)16-13(14-9-15-16)8-18-12-5-3-4-11(6-12)7-17/h3-7,9-10H,8H2,1-2H3. The highest BCUT2D eigenvalue weighted by atomic mass is 16.5. The quantitative estimate of drug-likeness (QED) is 0.758. The van der Waals surface area contributed by atoms with Gasteiger partial charge in [-0.2, -0.15) is 5.10 Å². The van der Waals surface area contributed by atoms with Crippen molar-refractivity contribution in [2.45, 2.75) is 26.5 Å². The minimum Gasteiger partial charge on any atom is -0.486 e. The summed E-state index contributed by atoms with van der Waals surface area (Å²) >= 11 is 0. The Bertz CT molecular complexity index is 535. The van der Waals surface area contributed by atoms with Crippen LogP contribution in [0.15, 0.2) is 30.6 Å². The van der Waals surface area contributed by atoms with E-state index in [0.717, 1.165) is 12.1 Å². The van der Waals surface area contributed by atoms with Gasteiger partial charge in [-0.15, -0.1) is 0 Å². The lowest BCUT2D eigenvalue weighted by molar-refractivity contribution is 0.112. The molecule has 0 atom stereocenters. The van der Waals surface area contributed by atoms with Crippen molar-refractivity contribution in [2.24, 2.45) is 0 Å². The van der Waals surface area contributed by atoms with Crippen LogP contribution in [0.1, 0.15) is 36.1 Å². The van der Waals surface area contributed by atoms with Gasteiger partial charge in [-0.1, -0.05) is 12.1 Å². The van der Waals surface area contributed by atoms with Crippen molar-refractivity contribution >= 4 is 6.29 Å². The van der Waals surface area contributed by atoms with Crippen molar-refractivity contribution in [3.8, 4) is 5.75 Å². The average molecular weight is 245 g/mol. The molecule has 0 spiro atoms. The lowest BCUT2D eigenvalue weighted by atomic mass is 10.2. The van der Waals surface area contributed by atoms with Gasteiger partial charge in [0, 0.05) is 11.6 Å². The van der Waals surface area contributed by atoms with E-state index in [1.54, 1.807) is 18.2 Å². The fourth-order valence-electron chi connectivity index (χ4n) is 1.63. The van der Waals surface area contributed by atoms with Crippen molar-refractivity contribution in [1.29, 1.82) is 0 Å². The molecule has 1 heterocycles. The summed E-state index contributed by atoms with van der Waals surface area (Å²) in [4.78, 5) is 14.8. The molecule has 0 radical (unpaired) electrons. The van der Waals surface area contributed by atoms with Crippen LogP contribution in [-0.2, 0) is 6.61 Å². The number of hydrogen-bond acceptors (Lipinski definition) is 4. The first-order valence-corrected chi connectivity index (χ1v) is 5.77. The van der Waals surface area contributed by atoms with Crippen LogP contribution in [0, 0.1) is 0 Å². The third-order valence-corrected chi connectivity index (χ3v) is 2.50. The lowest BCUT2D eigenvalue weighted by Gasteiger charge is -2.10. The minimum absolute atomic E-state index is 0.243. The number of carbonyl (C=O) groups is 1. The number of ether oxygens (including phenoxy) is 1. The van der Waals surface area contributed by atoms with Crippen LogP contribution >= 0.6 is 0 Å². The second-order valence-corrected chi connectivity index (χ2v) is 4.19. The Labute approximate surface area is 105 Å². The van der Waals surface area contributed by atoms with Crippen LogP contribution in [0.4, 0.5) is 0 Å². The molecule has 94 valence electrons. The molecule has 0 aliphatic carbocycles. The van der Waals surface area contributed by atoms with Gasteiger partial charge in [0.15, 0.2) is 5.82 Å². The molecule has 0 saturated carbocycles. The Morgan fingerprint density at radius 3 is 3.00 bits per heavy atom. The Balaban J connectivity index is 2.06. The van der Waals surface area contributed by atoms with Gasteiger partial charge in [-0.05, 0) is 26.0 Å². The maximum absolute atomic E-state index is 10.7. The molecule has 5 heteroatoms. The molecule has 18 heavy (non-hydrogen) atoms. The molecule has 2 rings (SSSR count). The Kier molecular flexibility index (Phi) is 3.72. The molecular weight excluding hydrogens is 230 g/mol. The molecule has 5 nitrogen and oxygen atoms in total. The molecule has 1 aromatic heterocycles. The summed E-state index contributed by atoms with van der Waals surface area (Å²) in [5, 5.41) is 4.13. The minimum atomic E-state index is 0.243. The molecule has 0 bridgehead atoms. The first-order chi connectivity index (χ1) is 8.70. The van der Waals surface area contributed by atoms with E-state index in [4.69, 9.17) is 4.74 Å². The van der Waals surface area contributed by atoms with Gasteiger partial charge in [0.1, 0.15) is 25.0 Å². The van der Waals surface area contributed by atoms with Crippen molar-refractivity contribution in [1.82, 2.24) is 14.8 Å². The Morgan fingerprint density at radius 2 is 2.28 bits per heavy atom. The maximum Gasteiger partial charge on any atom is 0.165 e. The van der Waals surface area contributed by atoms with Gasteiger partial charge in [-0.25, -0.2) is 9.67 Å². The highest BCUT2D eigenvalue weighted by Crippen LogP contribution is 2.14. The monoisotopic (exact) mass is 245 g/mol. The van der Waals surface area contributed by atoms with Crippen LogP contribution in [0.3, 0.4) is 0 Å². The molecule has 0 fully saturated rings. The predicted octanol–water partition coefficient (Wildman–Crippen LogP) is 2.25. The summed E-state index contributed by atoms with van der Waals surface area (Å²) in [5.41, 5.74) is 0.595. The summed E-state index contributed by atoms with van der Waals surface area (Å²) in [6.07, 6.45) is 2.31. The SMILES string of the molecule is CC(C)n1ncnc1COc1cccc(C=O)c1. The van der Waals surface area contributed by atoms with Crippen molar-refractivity contribution < 1.29 is 9.53 Å². The second-order valence-electron chi connectivity index (χ2n) is 4.19. The molecule has 2 aromatic rings. The van der Waals surface area contributed by atoms with E-state index in [1.165, 1.54) is 6.33 Å². The Morgan fingerprint density at radius 1 is 1.44 bits per heavy atom. The molecule has 0 unspecified atom stereocenters. The zero-order chi connectivity index (χ0) is 13.0. The number of carbonyl (C=O) groups excluding carboxylic acids is 1. The number of benzene rings is 1. The van der Waals surface area contributed by atoms with E-state index in [1.807, 2.05) is 24.6 Å². The number of aldehydes is 1. The topological polar surface area (TPSA) is 57.0 Å². The summed E-state index contributed by atoms with van der Waals surface area (Å²) in [5.74, 6) is 1.42. The average Bonchev–Trinajstić information content (AvgIpc) is 2.85. The van der Waals surface area contributed by atoms with Crippen LogP contribution in [0.2, 0.25) is 0 Å². The first-order valence-electron chi connectivity index (χ1n) is 5.77. The van der Waals surface area contributed by atoms with Crippen LogP contribution < -0.4 is 4.74 Å². The van der Waals surface area contributed by atoms with Gasteiger partial charge in [-0.3, -0.25) is 4.79 Å². The zero-order valence-corrected chi connectivity index (χ0v) is 10.4. The number of rotatable bonds is 5. The molecule has 0 N–H and O–H groups in total. The second kappa shape index (κ2) is 5.44. The smallest absolute Gasteiger partial charge is 0.165 e. The largest absolute Gasteiger partial charge is 0.486 e. The molecule has 0 aliphatic rings. The highest BCUT2D eigenvalue weighted by molar-refractivity contribution is 5.75. The third kappa shape index (κ3) is 2.74. The number of nitrogens with zero attached hydrogens (tertiary/aromatic N) is 3. The van der Waals surface area contributed by atoms with Crippen LogP contribution in [0.25, 0.3) is 0 Å². The number of hydrogen-bond donors (Lipinski definition) is 0. The van der Waals surface area contributed by atoms with Gasteiger partial charge in [0.2, 0.25) is 0 Å². The van der Waals surface area contributed by atoms with Gasteiger partial charge in [0.05, 0.1) is 0 Å². The molecule has 1 aromatic carbocycles. The predicted molar refractivity (Wildman–Crippen MR) is 66.6 cm³/mol. The van der Waals surface area contributed by atoms with Crippen molar-refractivity contribution in [3.63, 3.8) is 0 Å². The Hall–Kier alpha value is -2.17. The molecule has 0 aliphatic heterocycles. The van der Waals surface area contributed by atoms with Crippen LogP contribution in [0.5, 0.6) is 5.75 Å². The van der Waals surface area contributed by atoms with Gasteiger partial charge < -0.3 is 4.74 Å². The van der Waals surface area contributed by atoms with Crippen molar-refractivity contribution in [3.05, 3.63) is 42.0 Å². The number of aromatic nitrogens is 3. The summed E-state index contributed by atoms with van der Waals surface area (Å²) < 4.78 is 7.41. The maximum atomic E-state index is 10.7. The normalized spacial score (nSPS) is 10.6. The van der Waals surface area contributed by atoms with Crippen molar-refractivity contribution in [2.75, 3.05) is 0 Å².